The van der Waals surface area contributed by atoms with Gasteiger partial charge in [0.15, 0.2) is 0 Å². The summed E-state index contributed by atoms with van der Waals surface area (Å²) in [6.45, 7) is 0.132. The van der Waals surface area contributed by atoms with E-state index in [1.54, 1.807) is 0 Å². The first-order valence-corrected chi connectivity index (χ1v) is 5.50. The number of ether oxygens (including phenoxy) is 1. The number of hydrogen-bond donors (Lipinski definition) is 3. The maximum atomic E-state index is 13.0. The van der Waals surface area contributed by atoms with Crippen LogP contribution in [-0.2, 0) is 4.79 Å². The van der Waals surface area contributed by atoms with Gasteiger partial charge in [0, 0.05) is 19.0 Å². The van der Waals surface area contributed by atoms with E-state index in [2.05, 4.69) is 5.32 Å². The standard InChI is InChI=1S/C12H16FNO4/c1-18-11-4-2-8(13)6-10(11)14-7-9(15)3-5-12(16)17/h2,4,6,9,14-15H,3,5,7H2,1H3,(H,16,17). The van der Waals surface area contributed by atoms with Crippen molar-refractivity contribution in [1.29, 1.82) is 0 Å². The number of benzene rings is 1. The summed E-state index contributed by atoms with van der Waals surface area (Å²) >= 11 is 0. The Morgan fingerprint density at radius 1 is 1.56 bits per heavy atom. The fourth-order valence-electron chi connectivity index (χ4n) is 1.44. The molecule has 1 aromatic carbocycles. The Kier molecular flexibility index (Phi) is 5.38. The number of aliphatic carboxylic acids is 1. The van der Waals surface area contributed by atoms with Gasteiger partial charge in [-0.1, -0.05) is 0 Å². The highest BCUT2D eigenvalue weighted by Crippen LogP contribution is 2.24. The summed E-state index contributed by atoms with van der Waals surface area (Å²) in [5.41, 5.74) is 0.423. The fourth-order valence-corrected chi connectivity index (χ4v) is 1.44. The molecule has 3 N–H and O–H groups in total. The van der Waals surface area contributed by atoms with Gasteiger partial charge in [-0.05, 0) is 18.6 Å². The largest absolute Gasteiger partial charge is 0.495 e. The first kappa shape index (κ1) is 14.2. The lowest BCUT2D eigenvalue weighted by Gasteiger charge is -2.14. The zero-order valence-electron chi connectivity index (χ0n) is 10.0. The molecule has 18 heavy (non-hydrogen) atoms. The Hall–Kier alpha value is -1.82. The molecular formula is C12H16FNO4. The third-order valence-electron chi connectivity index (χ3n) is 2.38. The molecule has 0 saturated heterocycles. The van der Waals surface area contributed by atoms with Crippen LogP contribution in [0.1, 0.15) is 12.8 Å². The van der Waals surface area contributed by atoms with E-state index in [4.69, 9.17) is 9.84 Å². The van der Waals surface area contributed by atoms with Crippen molar-refractivity contribution in [2.24, 2.45) is 0 Å². The van der Waals surface area contributed by atoms with Gasteiger partial charge in [-0.3, -0.25) is 4.79 Å². The molecular weight excluding hydrogens is 241 g/mol. The predicted molar refractivity (Wildman–Crippen MR) is 64.3 cm³/mol. The Morgan fingerprint density at radius 2 is 2.28 bits per heavy atom. The number of rotatable bonds is 7. The van der Waals surface area contributed by atoms with Crippen molar-refractivity contribution in [3.05, 3.63) is 24.0 Å². The van der Waals surface area contributed by atoms with Crippen molar-refractivity contribution in [2.75, 3.05) is 19.0 Å². The average Bonchev–Trinajstić information content (AvgIpc) is 2.34. The average molecular weight is 257 g/mol. The smallest absolute Gasteiger partial charge is 0.303 e. The van der Waals surface area contributed by atoms with Gasteiger partial charge in [0.2, 0.25) is 0 Å². The number of nitrogens with one attached hydrogen (secondary N) is 1. The number of carboxylic acid groups (broad SMARTS) is 1. The van der Waals surface area contributed by atoms with Gasteiger partial charge in [0.05, 0.1) is 18.9 Å². The number of methoxy groups -OCH3 is 1. The Labute approximate surface area is 104 Å². The maximum absolute atomic E-state index is 13.0. The Morgan fingerprint density at radius 3 is 2.89 bits per heavy atom. The molecule has 0 fully saturated rings. The van der Waals surface area contributed by atoms with Crippen LogP contribution in [0, 0.1) is 5.82 Å². The van der Waals surface area contributed by atoms with Crippen molar-refractivity contribution in [3.8, 4) is 5.75 Å². The number of aliphatic hydroxyl groups excluding tert-OH is 1. The quantitative estimate of drug-likeness (QED) is 0.689. The van der Waals surface area contributed by atoms with Gasteiger partial charge >= 0.3 is 5.97 Å². The molecule has 100 valence electrons. The topological polar surface area (TPSA) is 78.8 Å². The van der Waals surface area contributed by atoms with Crippen molar-refractivity contribution in [2.45, 2.75) is 18.9 Å². The molecule has 1 rings (SSSR count). The summed E-state index contributed by atoms with van der Waals surface area (Å²) in [6, 6.07) is 3.99. The van der Waals surface area contributed by atoms with Crippen LogP contribution in [0.15, 0.2) is 18.2 Å². The van der Waals surface area contributed by atoms with Gasteiger partial charge in [-0.15, -0.1) is 0 Å². The second-order valence-corrected chi connectivity index (χ2v) is 3.81. The molecule has 0 aliphatic rings. The highest BCUT2D eigenvalue weighted by atomic mass is 19.1. The van der Waals surface area contributed by atoms with E-state index in [0.717, 1.165) is 0 Å². The summed E-state index contributed by atoms with van der Waals surface area (Å²) < 4.78 is 18.1. The van der Waals surface area contributed by atoms with Gasteiger partial charge < -0.3 is 20.3 Å². The van der Waals surface area contributed by atoms with E-state index < -0.39 is 17.9 Å². The SMILES string of the molecule is COc1ccc(F)cc1NCC(O)CCC(=O)O. The molecule has 0 radical (unpaired) electrons. The molecule has 1 aromatic rings. The normalized spacial score (nSPS) is 11.9. The summed E-state index contributed by atoms with van der Waals surface area (Å²) in [5, 5.41) is 20.8. The second-order valence-electron chi connectivity index (χ2n) is 3.81. The van der Waals surface area contributed by atoms with E-state index in [1.165, 1.54) is 25.3 Å². The van der Waals surface area contributed by atoms with Crippen molar-refractivity contribution < 1.29 is 24.1 Å². The van der Waals surface area contributed by atoms with E-state index in [9.17, 15) is 14.3 Å². The maximum Gasteiger partial charge on any atom is 0.303 e. The first-order chi connectivity index (χ1) is 8.52. The summed E-state index contributed by atoms with van der Waals surface area (Å²) in [7, 11) is 1.46. The molecule has 0 saturated carbocycles. The Bertz CT molecular complexity index is 411. The minimum atomic E-state index is -0.961. The number of carboxylic acids is 1. The summed E-state index contributed by atoms with van der Waals surface area (Å²) in [4.78, 5) is 10.3. The van der Waals surface area contributed by atoms with Crippen LogP contribution in [-0.4, -0.2) is 35.9 Å². The molecule has 0 aliphatic carbocycles. The van der Waals surface area contributed by atoms with Crippen LogP contribution in [0.25, 0.3) is 0 Å². The summed E-state index contributed by atoms with van der Waals surface area (Å²) in [5.74, 6) is -0.919. The number of halogens is 1. The van der Waals surface area contributed by atoms with Crippen LogP contribution in [0.5, 0.6) is 5.75 Å². The molecule has 0 spiro atoms. The lowest BCUT2D eigenvalue weighted by molar-refractivity contribution is -0.137. The molecule has 0 aromatic heterocycles. The van der Waals surface area contributed by atoms with Crippen LogP contribution in [0.3, 0.4) is 0 Å². The van der Waals surface area contributed by atoms with Crippen LogP contribution >= 0.6 is 0 Å². The zero-order chi connectivity index (χ0) is 13.5. The highest BCUT2D eigenvalue weighted by molar-refractivity contribution is 5.66. The van der Waals surface area contributed by atoms with E-state index in [1.807, 2.05) is 0 Å². The number of aliphatic hydroxyl groups is 1. The van der Waals surface area contributed by atoms with E-state index >= 15 is 0 Å². The predicted octanol–water partition coefficient (Wildman–Crippen LogP) is 1.47. The van der Waals surface area contributed by atoms with Crippen molar-refractivity contribution in [3.63, 3.8) is 0 Å². The van der Waals surface area contributed by atoms with Gasteiger partial charge in [-0.25, -0.2) is 4.39 Å². The molecule has 1 unspecified atom stereocenters. The fraction of sp³-hybridized carbons (Fsp3) is 0.417. The van der Waals surface area contributed by atoms with Gasteiger partial charge in [-0.2, -0.15) is 0 Å². The lowest BCUT2D eigenvalue weighted by atomic mass is 10.2. The lowest BCUT2D eigenvalue weighted by Crippen LogP contribution is -2.20. The third kappa shape index (κ3) is 4.58. The molecule has 0 heterocycles. The van der Waals surface area contributed by atoms with Crippen molar-refractivity contribution in [1.82, 2.24) is 0 Å². The highest BCUT2D eigenvalue weighted by Gasteiger charge is 2.09. The van der Waals surface area contributed by atoms with E-state index in [0.29, 0.717) is 11.4 Å². The molecule has 5 nitrogen and oxygen atoms in total. The first-order valence-electron chi connectivity index (χ1n) is 5.50. The van der Waals surface area contributed by atoms with Crippen LogP contribution in [0.4, 0.5) is 10.1 Å². The van der Waals surface area contributed by atoms with Crippen LogP contribution < -0.4 is 10.1 Å². The minimum absolute atomic E-state index is 0.108. The van der Waals surface area contributed by atoms with Crippen molar-refractivity contribution >= 4 is 11.7 Å². The minimum Gasteiger partial charge on any atom is -0.495 e. The van der Waals surface area contributed by atoms with E-state index in [-0.39, 0.29) is 19.4 Å². The molecule has 1 atom stereocenters. The second kappa shape index (κ2) is 6.80. The molecule has 0 bridgehead atoms. The number of anilines is 1. The molecule has 0 aliphatic heterocycles. The zero-order valence-corrected chi connectivity index (χ0v) is 10.0. The summed E-state index contributed by atoms with van der Waals surface area (Å²) in [6.07, 6.45) is -0.780. The molecule has 0 amide bonds. The molecule has 6 heteroatoms. The third-order valence-corrected chi connectivity index (χ3v) is 2.38. The number of carbonyl (C=O) groups is 1. The monoisotopic (exact) mass is 257 g/mol. The van der Waals surface area contributed by atoms with Crippen LogP contribution in [0.2, 0.25) is 0 Å². The van der Waals surface area contributed by atoms with Gasteiger partial charge in [0.1, 0.15) is 11.6 Å². The number of hydrogen-bond acceptors (Lipinski definition) is 4. The van der Waals surface area contributed by atoms with Gasteiger partial charge in [0.25, 0.3) is 0 Å². The Balaban J connectivity index is 2.52.